The van der Waals surface area contributed by atoms with Crippen molar-refractivity contribution in [1.29, 1.82) is 0 Å². The molecule has 0 saturated carbocycles. The van der Waals surface area contributed by atoms with Gasteiger partial charge in [0.1, 0.15) is 11.9 Å². The van der Waals surface area contributed by atoms with Crippen LogP contribution in [0.4, 0.5) is 0 Å². The van der Waals surface area contributed by atoms with E-state index in [1.807, 2.05) is 27.7 Å². The number of aliphatic hydroxyl groups excluding tert-OH is 1. The molecule has 0 aromatic carbocycles. The summed E-state index contributed by atoms with van der Waals surface area (Å²) in [5.74, 6) is -6.43. The fourth-order valence-electron chi connectivity index (χ4n) is 8.83. The van der Waals surface area contributed by atoms with Gasteiger partial charge in [0.25, 0.3) is 0 Å². The summed E-state index contributed by atoms with van der Waals surface area (Å²) in [6, 6.07) is 0. The van der Waals surface area contributed by atoms with Crippen LogP contribution in [0.1, 0.15) is 171 Å². The van der Waals surface area contributed by atoms with Gasteiger partial charge in [0.15, 0.2) is 0 Å². The first-order valence-corrected chi connectivity index (χ1v) is 25.9. The van der Waals surface area contributed by atoms with E-state index in [0.29, 0.717) is 51.4 Å². The van der Waals surface area contributed by atoms with E-state index in [-0.39, 0.29) is 72.9 Å². The number of Topliss-reactive ketones (excluding diaryl/α,β-unsaturated/α-hetero) is 1. The van der Waals surface area contributed by atoms with E-state index in [4.69, 9.17) is 28.4 Å². The van der Waals surface area contributed by atoms with Crippen LogP contribution in [0.3, 0.4) is 0 Å². The Hall–Kier alpha value is -4.86. The highest BCUT2D eigenvalue weighted by Gasteiger charge is 2.30. The van der Waals surface area contributed by atoms with Gasteiger partial charge in [0, 0.05) is 18.3 Å². The molecule has 0 aliphatic carbocycles. The molecule has 0 bridgehead atoms. The normalized spacial score (nSPS) is 16.6. The summed E-state index contributed by atoms with van der Waals surface area (Å²) in [7, 11) is 6.14. The second-order valence-corrected chi connectivity index (χ2v) is 19.9. The number of hydrogen-bond acceptors (Lipinski definition) is 16. The van der Waals surface area contributed by atoms with Crippen LogP contribution in [0, 0.1) is 47.3 Å². The minimum Gasteiger partial charge on any atom is -0.469 e. The van der Waals surface area contributed by atoms with Crippen molar-refractivity contribution in [3.8, 4) is 0 Å². The largest absolute Gasteiger partial charge is 0.469 e. The molecule has 11 atom stereocenters. The maximum Gasteiger partial charge on any atom is 0.309 e. The average Bonchev–Trinajstić information content (AvgIpc) is 3.34. The summed E-state index contributed by atoms with van der Waals surface area (Å²) in [5, 5.41) is 11.5. The topological polar surface area (TPSA) is 221 Å². The predicted molar refractivity (Wildman–Crippen MR) is 274 cm³/mol. The highest BCUT2D eigenvalue weighted by Crippen LogP contribution is 2.27. The van der Waals surface area contributed by atoms with Gasteiger partial charge in [-0.25, -0.2) is 0 Å². The number of rotatable bonds is 38. The van der Waals surface area contributed by atoms with Crippen LogP contribution in [-0.2, 0) is 71.5 Å². The molecule has 0 fully saturated rings. The minimum absolute atomic E-state index is 0.133. The zero-order chi connectivity index (χ0) is 54.9. The molecular formula is C56H92O16. The Bertz CT molecular complexity index is 1770. The standard InChI is InChI=1S/C56H92O16/c1-15-44(31-42(8)54(63)68-12)48(57)27-23-37(3)28-38(4)29-39(5)30-41(7)53(62)40(6)24-26-47(72-52(61)35-46(56(65)70-14)33-50(59)67-11)21-19-17-16-18-20-36(2)22-25-43(9)71-51(60)34-45(55(64)69-13)32-49(58)66-10/h18,20,28,30,36,38,40-47,53,62H,15-17,19,21-27,29,31-35H2,1-14H3/b20-18+,37-28+,39-30+. The molecule has 0 rings (SSSR count). The Morgan fingerprint density at radius 3 is 1.60 bits per heavy atom. The number of allylic oxidation sites excluding steroid dienone is 5. The Morgan fingerprint density at radius 2 is 1.07 bits per heavy atom. The lowest BCUT2D eigenvalue weighted by Crippen LogP contribution is -2.28. The predicted octanol–water partition coefficient (Wildman–Crippen LogP) is 9.75. The molecule has 72 heavy (non-hydrogen) atoms. The van der Waals surface area contributed by atoms with Crippen LogP contribution < -0.4 is 0 Å². The molecule has 0 aliphatic heterocycles. The van der Waals surface area contributed by atoms with Gasteiger partial charge in [0.05, 0.1) is 91.2 Å². The first-order valence-electron chi connectivity index (χ1n) is 25.9. The molecule has 0 aromatic rings. The number of carbonyl (C=O) groups is 8. The Kier molecular flexibility index (Phi) is 35.3. The number of unbranched alkanes of at least 4 members (excludes halogenated alkanes) is 2. The maximum absolute atomic E-state index is 13.3. The lowest BCUT2D eigenvalue weighted by Gasteiger charge is -2.26. The molecule has 0 amide bonds. The molecule has 0 spiro atoms. The minimum atomic E-state index is -1.05. The number of esters is 7. The van der Waals surface area contributed by atoms with E-state index in [9.17, 15) is 43.5 Å². The highest BCUT2D eigenvalue weighted by molar-refractivity contribution is 5.85. The second-order valence-electron chi connectivity index (χ2n) is 19.9. The molecule has 0 saturated heterocycles. The van der Waals surface area contributed by atoms with E-state index in [0.717, 1.165) is 43.3 Å². The van der Waals surface area contributed by atoms with Gasteiger partial charge in [-0.3, -0.25) is 38.4 Å². The molecule has 16 nitrogen and oxygen atoms in total. The van der Waals surface area contributed by atoms with Crippen molar-refractivity contribution in [3.63, 3.8) is 0 Å². The second kappa shape index (κ2) is 37.8. The molecule has 1 N–H and O–H groups in total. The van der Waals surface area contributed by atoms with Gasteiger partial charge in [-0.05, 0) is 116 Å². The molecule has 0 heterocycles. The fraction of sp³-hybridized carbons (Fsp3) is 0.750. The lowest BCUT2D eigenvalue weighted by atomic mass is 9.86. The monoisotopic (exact) mass is 1020 g/mol. The number of carbonyl (C=O) groups excluding carboxylic acids is 8. The van der Waals surface area contributed by atoms with E-state index >= 15 is 0 Å². The lowest BCUT2D eigenvalue weighted by molar-refractivity contribution is -0.159. The van der Waals surface area contributed by atoms with Gasteiger partial charge in [-0.15, -0.1) is 0 Å². The SMILES string of the molecule is CCC(CC(C)C(=O)OC)C(=O)CC/C(C)=C/C(C)C/C(C)=C/C(C)C(O)C(C)CCC(CCCC/C=C/C(C)CCC(C)OC(=O)CC(CC(=O)OC)C(=O)OC)OC(=O)CC(CC(=O)OC)C(=O)OC. The molecular weight excluding hydrogens is 929 g/mol. The summed E-state index contributed by atoms with van der Waals surface area (Å²) in [5.41, 5.74) is 2.28. The molecule has 0 aromatic heterocycles. The highest BCUT2D eigenvalue weighted by atomic mass is 16.6. The first-order chi connectivity index (χ1) is 33.9. The van der Waals surface area contributed by atoms with Crippen molar-refractivity contribution in [2.24, 2.45) is 47.3 Å². The van der Waals surface area contributed by atoms with Crippen molar-refractivity contribution in [2.75, 3.05) is 35.5 Å². The van der Waals surface area contributed by atoms with E-state index in [1.54, 1.807) is 13.8 Å². The summed E-state index contributed by atoms with van der Waals surface area (Å²) in [6.45, 7) is 17.8. The number of aliphatic hydroxyl groups is 1. The third-order valence-corrected chi connectivity index (χ3v) is 13.2. The van der Waals surface area contributed by atoms with Crippen LogP contribution >= 0.6 is 0 Å². The van der Waals surface area contributed by atoms with Crippen molar-refractivity contribution < 1.29 is 76.6 Å². The average molecular weight is 1020 g/mol. The number of methoxy groups -OCH3 is 5. The smallest absolute Gasteiger partial charge is 0.309 e. The van der Waals surface area contributed by atoms with E-state index in [2.05, 4.69) is 49.8 Å². The van der Waals surface area contributed by atoms with Gasteiger partial charge < -0.3 is 38.3 Å². The zero-order valence-corrected chi connectivity index (χ0v) is 46.3. The van der Waals surface area contributed by atoms with Crippen LogP contribution in [0.5, 0.6) is 0 Å². The summed E-state index contributed by atoms with van der Waals surface area (Å²) in [4.78, 5) is 98.9. The Labute approximate surface area is 431 Å². The van der Waals surface area contributed by atoms with Crippen molar-refractivity contribution in [2.45, 2.75) is 190 Å². The summed E-state index contributed by atoms with van der Waals surface area (Å²) >= 11 is 0. The van der Waals surface area contributed by atoms with Crippen LogP contribution in [0.25, 0.3) is 0 Å². The van der Waals surface area contributed by atoms with Gasteiger partial charge in [0.2, 0.25) is 0 Å². The molecule has 0 radical (unpaired) electrons. The van der Waals surface area contributed by atoms with Gasteiger partial charge in [-0.1, -0.05) is 77.0 Å². The molecule has 412 valence electrons. The van der Waals surface area contributed by atoms with Crippen LogP contribution in [0.15, 0.2) is 35.5 Å². The summed E-state index contributed by atoms with van der Waals surface area (Å²) < 4.78 is 35.2. The third kappa shape index (κ3) is 29.6. The molecule has 16 heteroatoms. The number of ketones is 1. The third-order valence-electron chi connectivity index (χ3n) is 13.2. The number of hydrogen-bond donors (Lipinski definition) is 1. The molecule has 11 unspecified atom stereocenters. The molecule has 0 aliphatic rings. The van der Waals surface area contributed by atoms with Crippen molar-refractivity contribution >= 4 is 47.6 Å². The van der Waals surface area contributed by atoms with E-state index < -0.39 is 66.0 Å². The van der Waals surface area contributed by atoms with Gasteiger partial charge in [-0.2, -0.15) is 0 Å². The summed E-state index contributed by atoms with van der Waals surface area (Å²) in [6.07, 6.45) is 14.0. The van der Waals surface area contributed by atoms with Crippen molar-refractivity contribution in [1.82, 2.24) is 0 Å². The van der Waals surface area contributed by atoms with E-state index in [1.165, 1.54) is 35.5 Å². The van der Waals surface area contributed by atoms with Gasteiger partial charge >= 0.3 is 41.8 Å². The Balaban J connectivity index is 5.51. The fourth-order valence-corrected chi connectivity index (χ4v) is 8.83. The zero-order valence-electron chi connectivity index (χ0n) is 46.3. The quantitative estimate of drug-likeness (QED) is 0.0263. The Morgan fingerprint density at radius 1 is 0.528 bits per heavy atom. The van der Waals surface area contributed by atoms with Crippen molar-refractivity contribution in [3.05, 3.63) is 35.5 Å². The van der Waals surface area contributed by atoms with Crippen LogP contribution in [-0.4, -0.2) is 107 Å². The maximum atomic E-state index is 13.3. The number of ether oxygens (including phenoxy) is 7. The van der Waals surface area contributed by atoms with Crippen LogP contribution in [0.2, 0.25) is 0 Å². The first kappa shape index (κ1) is 67.1.